The van der Waals surface area contributed by atoms with Gasteiger partial charge < -0.3 is 9.47 Å². The minimum atomic E-state index is -0.263. The standard InChI is InChI=1S/C11H18O2/c1-3-10(2)5-4-6-11(9-10)12-7-8-13-11/h3H,1,4-9H2,2H3/t10-/m0/s1. The molecule has 1 saturated carbocycles. The molecular formula is C11H18O2. The first-order chi connectivity index (χ1) is 6.18. The highest BCUT2D eigenvalue weighted by Crippen LogP contribution is 2.45. The fourth-order valence-corrected chi connectivity index (χ4v) is 2.47. The molecule has 1 aliphatic carbocycles. The van der Waals surface area contributed by atoms with Crippen molar-refractivity contribution in [2.24, 2.45) is 5.41 Å². The fourth-order valence-electron chi connectivity index (χ4n) is 2.47. The van der Waals surface area contributed by atoms with Crippen LogP contribution in [0, 0.1) is 5.41 Å². The van der Waals surface area contributed by atoms with Crippen molar-refractivity contribution in [2.75, 3.05) is 13.2 Å². The van der Waals surface area contributed by atoms with Gasteiger partial charge in [-0.15, -0.1) is 6.58 Å². The van der Waals surface area contributed by atoms with Gasteiger partial charge in [0.05, 0.1) is 13.2 Å². The predicted octanol–water partition coefficient (Wildman–Crippen LogP) is 2.50. The van der Waals surface area contributed by atoms with Crippen molar-refractivity contribution in [2.45, 2.75) is 38.4 Å². The molecule has 0 N–H and O–H groups in total. The summed E-state index contributed by atoms with van der Waals surface area (Å²) in [6.45, 7) is 7.66. The normalized spacial score (nSPS) is 37.9. The Bertz CT molecular complexity index is 206. The molecule has 2 fully saturated rings. The molecule has 0 unspecified atom stereocenters. The Morgan fingerprint density at radius 1 is 1.23 bits per heavy atom. The lowest BCUT2D eigenvalue weighted by Gasteiger charge is -2.41. The Balaban J connectivity index is 2.10. The average Bonchev–Trinajstić information content (AvgIpc) is 2.53. The van der Waals surface area contributed by atoms with Crippen LogP contribution in [0.2, 0.25) is 0 Å². The zero-order chi connectivity index (χ0) is 9.36. The number of hydrogen-bond acceptors (Lipinski definition) is 2. The maximum Gasteiger partial charge on any atom is 0.169 e. The summed E-state index contributed by atoms with van der Waals surface area (Å²) in [5, 5.41) is 0. The predicted molar refractivity (Wildman–Crippen MR) is 51.4 cm³/mol. The topological polar surface area (TPSA) is 18.5 Å². The summed E-state index contributed by atoms with van der Waals surface area (Å²) in [5.41, 5.74) is 0.211. The van der Waals surface area contributed by atoms with Crippen LogP contribution in [-0.2, 0) is 9.47 Å². The van der Waals surface area contributed by atoms with Gasteiger partial charge in [-0.25, -0.2) is 0 Å². The molecule has 0 radical (unpaired) electrons. The van der Waals surface area contributed by atoms with E-state index in [1.54, 1.807) is 0 Å². The van der Waals surface area contributed by atoms with E-state index < -0.39 is 0 Å². The molecule has 2 nitrogen and oxygen atoms in total. The van der Waals surface area contributed by atoms with Gasteiger partial charge in [-0.05, 0) is 18.3 Å². The largest absolute Gasteiger partial charge is 0.348 e. The van der Waals surface area contributed by atoms with Gasteiger partial charge >= 0.3 is 0 Å². The lowest BCUT2D eigenvalue weighted by atomic mass is 9.73. The van der Waals surface area contributed by atoms with Gasteiger partial charge in [0.15, 0.2) is 5.79 Å². The summed E-state index contributed by atoms with van der Waals surface area (Å²) < 4.78 is 11.4. The van der Waals surface area contributed by atoms with Crippen molar-refractivity contribution in [3.05, 3.63) is 12.7 Å². The van der Waals surface area contributed by atoms with E-state index >= 15 is 0 Å². The first kappa shape index (κ1) is 9.22. The van der Waals surface area contributed by atoms with E-state index in [0.29, 0.717) is 0 Å². The lowest BCUT2D eigenvalue weighted by molar-refractivity contribution is -0.194. The van der Waals surface area contributed by atoms with Crippen LogP contribution < -0.4 is 0 Å². The molecule has 2 aliphatic rings. The monoisotopic (exact) mass is 182 g/mol. The Hall–Kier alpha value is -0.340. The van der Waals surface area contributed by atoms with Crippen molar-refractivity contribution in [1.29, 1.82) is 0 Å². The van der Waals surface area contributed by atoms with Crippen molar-refractivity contribution < 1.29 is 9.47 Å². The molecule has 0 aromatic heterocycles. The van der Waals surface area contributed by atoms with Crippen LogP contribution in [0.25, 0.3) is 0 Å². The fraction of sp³-hybridized carbons (Fsp3) is 0.818. The van der Waals surface area contributed by atoms with E-state index in [0.717, 1.165) is 26.1 Å². The molecular weight excluding hydrogens is 164 g/mol. The van der Waals surface area contributed by atoms with E-state index in [1.165, 1.54) is 12.8 Å². The first-order valence-corrected chi connectivity index (χ1v) is 5.10. The summed E-state index contributed by atoms with van der Waals surface area (Å²) in [4.78, 5) is 0. The van der Waals surface area contributed by atoms with Gasteiger partial charge in [0.1, 0.15) is 0 Å². The summed E-state index contributed by atoms with van der Waals surface area (Å²) >= 11 is 0. The van der Waals surface area contributed by atoms with Crippen LogP contribution in [0.1, 0.15) is 32.6 Å². The molecule has 1 spiro atoms. The molecule has 2 rings (SSSR count). The highest BCUT2D eigenvalue weighted by atomic mass is 16.7. The van der Waals surface area contributed by atoms with Crippen molar-refractivity contribution in [3.8, 4) is 0 Å². The molecule has 2 heteroatoms. The zero-order valence-electron chi connectivity index (χ0n) is 8.34. The third-order valence-electron chi connectivity index (χ3n) is 3.29. The van der Waals surface area contributed by atoms with Gasteiger partial charge in [-0.1, -0.05) is 13.0 Å². The maximum absolute atomic E-state index is 5.71. The minimum Gasteiger partial charge on any atom is -0.348 e. The van der Waals surface area contributed by atoms with Gasteiger partial charge in [0.2, 0.25) is 0 Å². The molecule has 1 atom stereocenters. The Kier molecular flexibility index (Phi) is 2.20. The van der Waals surface area contributed by atoms with Crippen LogP contribution in [0.4, 0.5) is 0 Å². The Labute approximate surface area is 79.9 Å². The molecule has 0 aromatic carbocycles. The second kappa shape index (κ2) is 3.10. The van der Waals surface area contributed by atoms with E-state index in [-0.39, 0.29) is 11.2 Å². The van der Waals surface area contributed by atoms with E-state index in [4.69, 9.17) is 9.47 Å². The average molecular weight is 182 g/mol. The summed E-state index contributed by atoms with van der Waals surface area (Å²) in [6, 6.07) is 0. The minimum absolute atomic E-state index is 0.211. The molecule has 1 heterocycles. The molecule has 1 saturated heterocycles. The van der Waals surface area contributed by atoms with Crippen LogP contribution in [-0.4, -0.2) is 19.0 Å². The lowest BCUT2D eigenvalue weighted by Crippen LogP contribution is -2.40. The number of allylic oxidation sites excluding steroid dienone is 1. The first-order valence-electron chi connectivity index (χ1n) is 5.10. The molecule has 74 valence electrons. The molecule has 0 aromatic rings. The van der Waals surface area contributed by atoms with Gasteiger partial charge in [-0.3, -0.25) is 0 Å². The number of rotatable bonds is 1. The summed E-state index contributed by atoms with van der Waals surface area (Å²) in [6.07, 6.45) is 6.48. The maximum atomic E-state index is 5.71. The number of hydrogen-bond donors (Lipinski definition) is 0. The molecule has 0 amide bonds. The number of ether oxygens (including phenoxy) is 2. The van der Waals surface area contributed by atoms with Crippen LogP contribution in [0.15, 0.2) is 12.7 Å². The Morgan fingerprint density at radius 3 is 2.54 bits per heavy atom. The second-order valence-corrected chi connectivity index (χ2v) is 4.50. The van der Waals surface area contributed by atoms with E-state index in [2.05, 4.69) is 19.6 Å². The van der Waals surface area contributed by atoms with Gasteiger partial charge in [0, 0.05) is 12.8 Å². The SMILES string of the molecule is C=C[C@@]1(C)CCCC2(C1)OCCO2. The highest BCUT2D eigenvalue weighted by molar-refractivity contribution is 4.99. The van der Waals surface area contributed by atoms with Crippen LogP contribution in [0.5, 0.6) is 0 Å². The molecule has 1 aliphatic heterocycles. The quantitative estimate of drug-likeness (QED) is 0.580. The third kappa shape index (κ3) is 1.65. The van der Waals surface area contributed by atoms with Crippen molar-refractivity contribution in [1.82, 2.24) is 0 Å². The summed E-state index contributed by atoms with van der Waals surface area (Å²) in [5.74, 6) is -0.263. The van der Waals surface area contributed by atoms with E-state index in [9.17, 15) is 0 Å². The second-order valence-electron chi connectivity index (χ2n) is 4.50. The van der Waals surface area contributed by atoms with Crippen LogP contribution >= 0.6 is 0 Å². The van der Waals surface area contributed by atoms with Gasteiger partial charge in [0.25, 0.3) is 0 Å². The van der Waals surface area contributed by atoms with Gasteiger partial charge in [-0.2, -0.15) is 0 Å². The summed E-state index contributed by atoms with van der Waals surface area (Å²) in [7, 11) is 0. The van der Waals surface area contributed by atoms with Crippen molar-refractivity contribution >= 4 is 0 Å². The van der Waals surface area contributed by atoms with Crippen molar-refractivity contribution in [3.63, 3.8) is 0 Å². The third-order valence-corrected chi connectivity index (χ3v) is 3.29. The molecule has 0 bridgehead atoms. The smallest absolute Gasteiger partial charge is 0.169 e. The highest BCUT2D eigenvalue weighted by Gasteiger charge is 2.44. The van der Waals surface area contributed by atoms with Crippen LogP contribution in [0.3, 0.4) is 0 Å². The zero-order valence-corrected chi connectivity index (χ0v) is 8.34. The van der Waals surface area contributed by atoms with E-state index in [1.807, 2.05) is 0 Å². The Morgan fingerprint density at radius 2 is 1.92 bits per heavy atom. The molecule has 13 heavy (non-hydrogen) atoms.